The molecule has 2 nitrogen and oxygen atoms in total. The molecule has 0 bridgehead atoms. The summed E-state index contributed by atoms with van der Waals surface area (Å²) in [5.41, 5.74) is 11.1. The molecule has 9 aromatic rings. The second-order valence-electron chi connectivity index (χ2n) is 12.9. The maximum atomic E-state index is 5.46. The number of hydrogen-bond acceptors (Lipinski definition) is 2. The van der Waals surface area contributed by atoms with Gasteiger partial charge in [0.1, 0.15) is 0 Å². The number of benzene rings is 8. The van der Waals surface area contributed by atoms with Crippen molar-refractivity contribution in [3.63, 3.8) is 0 Å². The molecule has 1 aliphatic carbocycles. The molecule has 0 aliphatic heterocycles. The predicted molar refractivity (Wildman–Crippen MR) is 203 cm³/mol. The summed E-state index contributed by atoms with van der Waals surface area (Å²) in [5, 5.41) is 5.78. The van der Waals surface area contributed by atoms with Crippen molar-refractivity contribution >= 4 is 32.4 Å². The van der Waals surface area contributed by atoms with E-state index in [1.807, 2.05) is 0 Å². The van der Waals surface area contributed by atoms with E-state index in [-0.39, 0.29) is 0 Å². The van der Waals surface area contributed by atoms with Crippen LogP contribution in [0, 0.1) is 0 Å². The largest absolute Gasteiger partial charge is 0.228 e. The van der Waals surface area contributed by atoms with Gasteiger partial charge in [0.25, 0.3) is 0 Å². The van der Waals surface area contributed by atoms with Crippen LogP contribution in [-0.4, -0.2) is 9.97 Å². The van der Waals surface area contributed by atoms with E-state index in [2.05, 4.69) is 182 Å². The number of aromatic nitrogens is 2. The van der Waals surface area contributed by atoms with Crippen LogP contribution in [0.2, 0.25) is 0 Å². The van der Waals surface area contributed by atoms with Crippen molar-refractivity contribution in [2.75, 3.05) is 0 Å². The first-order chi connectivity index (χ1) is 24.3. The van der Waals surface area contributed by atoms with Crippen LogP contribution >= 0.6 is 0 Å². The van der Waals surface area contributed by atoms with Gasteiger partial charge in [-0.3, -0.25) is 0 Å². The fourth-order valence-corrected chi connectivity index (χ4v) is 8.32. The van der Waals surface area contributed by atoms with Gasteiger partial charge in [-0.05, 0) is 55.6 Å². The maximum absolute atomic E-state index is 5.46. The lowest BCUT2D eigenvalue weighted by Crippen LogP contribution is -2.28. The van der Waals surface area contributed by atoms with Crippen LogP contribution in [0.15, 0.2) is 182 Å². The van der Waals surface area contributed by atoms with Crippen LogP contribution < -0.4 is 0 Å². The highest BCUT2D eigenvalue weighted by molar-refractivity contribution is 6.14. The van der Waals surface area contributed by atoms with Gasteiger partial charge < -0.3 is 0 Å². The van der Waals surface area contributed by atoms with Crippen molar-refractivity contribution in [1.82, 2.24) is 9.97 Å². The minimum Gasteiger partial charge on any atom is -0.228 e. The molecular formula is C47H30N2. The third kappa shape index (κ3) is 4.01. The molecule has 1 aromatic heterocycles. The molecule has 0 N–H and O–H groups in total. The van der Waals surface area contributed by atoms with Gasteiger partial charge in [-0.1, -0.05) is 176 Å². The van der Waals surface area contributed by atoms with Crippen LogP contribution in [0.5, 0.6) is 0 Å². The highest BCUT2D eigenvalue weighted by Crippen LogP contribution is 2.58. The number of hydrogen-bond donors (Lipinski definition) is 0. The number of rotatable bonds is 4. The molecule has 1 aliphatic rings. The highest BCUT2D eigenvalue weighted by atomic mass is 14.9. The van der Waals surface area contributed by atoms with E-state index >= 15 is 0 Å². The van der Waals surface area contributed by atoms with E-state index in [0.717, 1.165) is 38.9 Å². The smallest absolute Gasteiger partial charge is 0.161 e. The Bertz CT molecular complexity index is 2660. The normalized spacial score (nSPS) is 13.1. The molecule has 0 radical (unpaired) electrons. The van der Waals surface area contributed by atoms with Crippen LogP contribution in [0.4, 0.5) is 0 Å². The third-order valence-electron chi connectivity index (χ3n) is 10.3. The predicted octanol–water partition coefficient (Wildman–Crippen LogP) is 11.6. The lowest BCUT2D eigenvalue weighted by molar-refractivity contribution is 0.769. The number of nitrogens with zero attached hydrogens (tertiary/aromatic N) is 2. The van der Waals surface area contributed by atoms with Gasteiger partial charge in [-0.15, -0.1) is 0 Å². The van der Waals surface area contributed by atoms with Gasteiger partial charge in [0, 0.05) is 21.9 Å². The van der Waals surface area contributed by atoms with Crippen LogP contribution in [0.3, 0.4) is 0 Å². The quantitative estimate of drug-likeness (QED) is 0.183. The van der Waals surface area contributed by atoms with Crippen molar-refractivity contribution in [3.05, 3.63) is 204 Å². The Morgan fingerprint density at radius 2 is 1.00 bits per heavy atom. The summed E-state index contributed by atoms with van der Waals surface area (Å²) in [6.45, 7) is 0. The molecule has 0 saturated carbocycles. The molecule has 228 valence electrons. The zero-order chi connectivity index (χ0) is 32.4. The molecule has 0 atom stereocenters. The Morgan fingerprint density at radius 1 is 0.388 bits per heavy atom. The van der Waals surface area contributed by atoms with Crippen molar-refractivity contribution in [1.29, 1.82) is 0 Å². The first-order valence-corrected chi connectivity index (χ1v) is 16.8. The van der Waals surface area contributed by atoms with E-state index in [4.69, 9.17) is 9.97 Å². The Hall–Kier alpha value is -6.38. The van der Waals surface area contributed by atoms with E-state index in [1.54, 1.807) is 0 Å². The van der Waals surface area contributed by atoms with Gasteiger partial charge in [-0.2, -0.15) is 0 Å². The average molecular weight is 623 g/mol. The fraction of sp³-hybridized carbons (Fsp3) is 0.0213. The molecule has 0 spiro atoms. The Kier molecular flexibility index (Phi) is 6.13. The van der Waals surface area contributed by atoms with E-state index in [9.17, 15) is 0 Å². The average Bonchev–Trinajstić information content (AvgIpc) is 3.49. The van der Waals surface area contributed by atoms with Gasteiger partial charge in [0.2, 0.25) is 0 Å². The monoisotopic (exact) mass is 622 g/mol. The van der Waals surface area contributed by atoms with Crippen molar-refractivity contribution < 1.29 is 0 Å². The Morgan fingerprint density at radius 3 is 1.78 bits per heavy atom. The van der Waals surface area contributed by atoms with Crippen LogP contribution in [0.1, 0.15) is 22.3 Å². The van der Waals surface area contributed by atoms with Crippen LogP contribution in [0.25, 0.3) is 66.2 Å². The minimum atomic E-state index is -0.478. The van der Waals surface area contributed by atoms with Gasteiger partial charge >= 0.3 is 0 Å². The van der Waals surface area contributed by atoms with Gasteiger partial charge in [-0.25, -0.2) is 9.97 Å². The Balaban J connectivity index is 1.34. The molecule has 8 aromatic carbocycles. The van der Waals surface area contributed by atoms with Gasteiger partial charge in [0.05, 0.1) is 16.6 Å². The maximum Gasteiger partial charge on any atom is 0.161 e. The van der Waals surface area contributed by atoms with Crippen LogP contribution in [-0.2, 0) is 5.41 Å². The van der Waals surface area contributed by atoms with Crippen molar-refractivity contribution in [2.45, 2.75) is 5.41 Å². The molecule has 2 heteroatoms. The molecule has 49 heavy (non-hydrogen) atoms. The summed E-state index contributed by atoms with van der Waals surface area (Å²) in [7, 11) is 0. The molecular weight excluding hydrogens is 593 g/mol. The summed E-state index contributed by atoms with van der Waals surface area (Å²) >= 11 is 0. The Labute approximate surface area is 285 Å². The molecule has 0 unspecified atom stereocenters. The molecule has 10 rings (SSSR count). The summed E-state index contributed by atoms with van der Waals surface area (Å²) in [4.78, 5) is 10.8. The first-order valence-electron chi connectivity index (χ1n) is 16.8. The van der Waals surface area contributed by atoms with Gasteiger partial charge in [0.15, 0.2) is 5.82 Å². The standard InChI is InChI=1S/C47H30N2/c1-4-16-33(17-5-1)45-44-36-23-11-10-15-31(36)28-30-41(44)48-46(49-45)38-25-14-18-32-27-29-40-43(42(32)38)37-24-12-13-26-39(37)47(40,34-19-6-2-7-20-34)35-21-8-3-9-22-35/h1-30H. The lowest BCUT2D eigenvalue weighted by atomic mass is 9.67. The van der Waals surface area contributed by atoms with E-state index < -0.39 is 5.41 Å². The highest BCUT2D eigenvalue weighted by Gasteiger charge is 2.46. The summed E-state index contributed by atoms with van der Waals surface area (Å²) < 4.78 is 0. The number of fused-ring (bicyclic) bond motifs is 8. The zero-order valence-electron chi connectivity index (χ0n) is 26.7. The second kappa shape index (κ2) is 10.8. The fourth-order valence-electron chi connectivity index (χ4n) is 8.32. The molecule has 1 heterocycles. The van der Waals surface area contributed by atoms with Crippen molar-refractivity contribution in [3.8, 4) is 33.8 Å². The summed E-state index contributed by atoms with van der Waals surface area (Å²) in [6.07, 6.45) is 0. The third-order valence-corrected chi connectivity index (χ3v) is 10.3. The van der Waals surface area contributed by atoms with E-state index in [1.165, 1.54) is 49.5 Å². The zero-order valence-corrected chi connectivity index (χ0v) is 26.7. The molecule has 0 saturated heterocycles. The van der Waals surface area contributed by atoms with E-state index in [0.29, 0.717) is 0 Å². The molecule has 0 fully saturated rings. The second-order valence-corrected chi connectivity index (χ2v) is 12.9. The SMILES string of the molecule is c1ccc(-c2nc(-c3cccc4ccc5c(c34)-c3ccccc3C5(c3ccccc3)c3ccccc3)nc3ccc4ccccc4c23)cc1. The molecule has 0 amide bonds. The summed E-state index contributed by atoms with van der Waals surface area (Å²) in [5.74, 6) is 0.732. The first kappa shape index (κ1) is 27.7. The minimum absolute atomic E-state index is 0.478. The summed E-state index contributed by atoms with van der Waals surface area (Å²) in [6, 6.07) is 65.5. The van der Waals surface area contributed by atoms with Crippen molar-refractivity contribution in [2.24, 2.45) is 0 Å². The lowest BCUT2D eigenvalue weighted by Gasteiger charge is -2.34. The topological polar surface area (TPSA) is 25.8 Å².